The third-order valence-electron chi connectivity index (χ3n) is 3.52. The minimum atomic E-state index is 0. The highest BCUT2D eigenvalue weighted by Gasteiger charge is 2.23. The fraction of sp³-hybridized carbons (Fsp3) is 0.571. The summed E-state index contributed by atoms with van der Waals surface area (Å²) in [6.45, 7) is 6.09. The summed E-state index contributed by atoms with van der Waals surface area (Å²) in [7, 11) is 0. The van der Waals surface area contributed by atoms with Gasteiger partial charge in [-0.1, -0.05) is 13.3 Å². The van der Waals surface area contributed by atoms with Crippen molar-refractivity contribution in [2.75, 3.05) is 26.2 Å². The zero-order chi connectivity index (χ0) is 13.0. The predicted molar refractivity (Wildman–Crippen MR) is 86.4 cm³/mol. The predicted octanol–water partition coefficient (Wildman–Crippen LogP) is 2.69. The van der Waals surface area contributed by atoms with Crippen molar-refractivity contribution in [1.29, 1.82) is 0 Å². The molecular weight excluding hydrogens is 299 g/mol. The standard InChI is InChI=1S/C14H22N2O2.2ClH/c1-2-3-13(16-8-6-15-7-9-16)12-10-11(17)4-5-14(12)18;;/h4-5,10,13,15,17-18H,2-3,6-9H2,1H3;2*1H/t13-;;/m0../s1. The van der Waals surface area contributed by atoms with Gasteiger partial charge in [-0.05, 0) is 24.6 Å². The molecule has 0 spiro atoms. The lowest BCUT2D eigenvalue weighted by atomic mass is 9.98. The first kappa shape index (κ1) is 19.3. The quantitative estimate of drug-likeness (QED) is 0.746. The Morgan fingerprint density at radius 1 is 1.20 bits per heavy atom. The number of benzene rings is 1. The zero-order valence-electron chi connectivity index (χ0n) is 11.7. The summed E-state index contributed by atoms with van der Waals surface area (Å²) >= 11 is 0. The first-order chi connectivity index (χ1) is 8.72. The molecule has 1 atom stereocenters. The Hall–Kier alpha value is -0.680. The van der Waals surface area contributed by atoms with Crippen LogP contribution >= 0.6 is 24.8 Å². The Bertz CT molecular complexity index is 399. The van der Waals surface area contributed by atoms with Gasteiger partial charge < -0.3 is 15.5 Å². The van der Waals surface area contributed by atoms with Crippen molar-refractivity contribution in [3.8, 4) is 11.5 Å². The molecule has 1 fully saturated rings. The fourth-order valence-electron chi connectivity index (χ4n) is 2.61. The maximum Gasteiger partial charge on any atom is 0.120 e. The Labute approximate surface area is 133 Å². The van der Waals surface area contributed by atoms with E-state index < -0.39 is 0 Å². The molecule has 0 aliphatic carbocycles. The number of nitrogens with one attached hydrogen (secondary N) is 1. The maximum atomic E-state index is 10.0. The minimum absolute atomic E-state index is 0. The Balaban J connectivity index is 0.00000180. The second-order valence-electron chi connectivity index (χ2n) is 4.83. The lowest BCUT2D eigenvalue weighted by Gasteiger charge is -2.35. The first-order valence-electron chi connectivity index (χ1n) is 6.69. The number of halogens is 2. The van der Waals surface area contributed by atoms with Gasteiger partial charge in [-0.15, -0.1) is 24.8 Å². The van der Waals surface area contributed by atoms with Crippen LogP contribution in [0.3, 0.4) is 0 Å². The maximum absolute atomic E-state index is 10.0. The van der Waals surface area contributed by atoms with Crippen LogP contribution < -0.4 is 5.32 Å². The molecule has 4 nitrogen and oxygen atoms in total. The smallest absolute Gasteiger partial charge is 0.120 e. The van der Waals surface area contributed by atoms with Crippen molar-refractivity contribution >= 4 is 24.8 Å². The molecule has 0 unspecified atom stereocenters. The minimum Gasteiger partial charge on any atom is -0.508 e. The van der Waals surface area contributed by atoms with E-state index in [1.807, 2.05) is 0 Å². The molecule has 0 amide bonds. The topological polar surface area (TPSA) is 55.7 Å². The Morgan fingerprint density at radius 3 is 2.45 bits per heavy atom. The first-order valence-corrected chi connectivity index (χ1v) is 6.69. The number of phenols is 2. The van der Waals surface area contributed by atoms with Crippen molar-refractivity contribution < 1.29 is 10.2 Å². The molecule has 0 saturated carbocycles. The Kier molecular flexibility index (Phi) is 8.98. The fourth-order valence-corrected chi connectivity index (χ4v) is 2.61. The normalized spacial score (nSPS) is 16.9. The lowest BCUT2D eigenvalue weighted by molar-refractivity contribution is 0.162. The molecule has 3 N–H and O–H groups in total. The number of hydrogen-bond acceptors (Lipinski definition) is 4. The van der Waals surface area contributed by atoms with E-state index in [9.17, 15) is 10.2 Å². The van der Waals surface area contributed by atoms with Crippen molar-refractivity contribution in [3.05, 3.63) is 23.8 Å². The van der Waals surface area contributed by atoms with Crippen molar-refractivity contribution in [1.82, 2.24) is 10.2 Å². The highest BCUT2D eigenvalue weighted by atomic mass is 35.5. The van der Waals surface area contributed by atoms with Crippen molar-refractivity contribution in [3.63, 3.8) is 0 Å². The monoisotopic (exact) mass is 322 g/mol. The summed E-state index contributed by atoms with van der Waals surface area (Å²) < 4.78 is 0. The zero-order valence-corrected chi connectivity index (χ0v) is 13.3. The number of nitrogens with zero attached hydrogens (tertiary/aromatic N) is 1. The van der Waals surface area contributed by atoms with Crippen molar-refractivity contribution in [2.24, 2.45) is 0 Å². The number of rotatable bonds is 4. The highest BCUT2D eigenvalue weighted by molar-refractivity contribution is 5.85. The molecule has 1 aliphatic heterocycles. The molecule has 1 aromatic carbocycles. The molecule has 1 aliphatic rings. The van der Waals surface area contributed by atoms with Gasteiger partial charge in [-0.3, -0.25) is 4.90 Å². The van der Waals surface area contributed by atoms with Crippen LogP contribution in [0.5, 0.6) is 11.5 Å². The van der Waals surface area contributed by atoms with E-state index in [-0.39, 0.29) is 42.4 Å². The summed E-state index contributed by atoms with van der Waals surface area (Å²) in [5.41, 5.74) is 0.846. The van der Waals surface area contributed by atoms with Crippen LogP contribution in [0.4, 0.5) is 0 Å². The van der Waals surface area contributed by atoms with Crippen LogP contribution in [-0.2, 0) is 0 Å². The average molecular weight is 323 g/mol. The van der Waals surface area contributed by atoms with E-state index >= 15 is 0 Å². The number of phenolic OH excluding ortho intramolecular Hbond substituents is 2. The molecule has 1 saturated heterocycles. The summed E-state index contributed by atoms with van der Waals surface area (Å²) in [5.74, 6) is 0.504. The van der Waals surface area contributed by atoms with Gasteiger partial charge in [0.05, 0.1) is 0 Å². The van der Waals surface area contributed by atoms with E-state index in [0.717, 1.165) is 44.6 Å². The largest absolute Gasteiger partial charge is 0.508 e. The lowest BCUT2D eigenvalue weighted by Crippen LogP contribution is -2.45. The van der Waals surface area contributed by atoms with E-state index in [4.69, 9.17) is 0 Å². The van der Waals surface area contributed by atoms with Gasteiger partial charge in [0.15, 0.2) is 0 Å². The van der Waals surface area contributed by atoms with Gasteiger partial charge in [-0.2, -0.15) is 0 Å². The molecular formula is C14H24Cl2N2O2. The van der Waals surface area contributed by atoms with Gasteiger partial charge in [0.1, 0.15) is 11.5 Å². The van der Waals surface area contributed by atoms with E-state index in [1.165, 1.54) is 6.07 Å². The van der Waals surface area contributed by atoms with Gasteiger partial charge in [0.25, 0.3) is 0 Å². The second-order valence-corrected chi connectivity index (χ2v) is 4.83. The Morgan fingerprint density at radius 2 is 1.85 bits per heavy atom. The molecule has 0 aromatic heterocycles. The van der Waals surface area contributed by atoms with Crippen LogP contribution in [-0.4, -0.2) is 41.3 Å². The van der Waals surface area contributed by atoms with Gasteiger partial charge in [0.2, 0.25) is 0 Å². The SMILES string of the molecule is CCC[C@@H](c1cc(O)ccc1O)N1CCNCC1.Cl.Cl. The molecule has 6 heteroatoms. The molecule has 20 heavy (non-hydrogen) atoms. The number of aromatic hydroxyl groups is 2. The molecule has 1 heterocycles. The number of hydrogen-bond donors (Lipinski definition) is 3. The third kappa shape index (κ3) is 4.70. The van der Waals surface area contributed by atoms with Gasteiger partial charge in [-0.25, -0.2) is 0 Å². The molecule has 1 aromatic rings. The van der Waals surface area contributed by atoms with Gasteiger partial charge in [0, 0.05) is 37.8 Å². The summed E-state index contributed by atoms with van der Waals surface area (Å²) in [4.78, 5) is 2.38. The van der Waals surface area contributed by atoms with Crippen LogP contribution in [0.1, 0.15) is 31.4 Å². The van der Waals surface area contributed by atoms with E-state index in [2.05, 4.69) is 17.1 Å². The average Bonchev–Trinajstić information content (AvgIpc) is 2.40. The van der Waals surface area contributed by atoms with E-state index in [0.29, 0.717) is 0 Å². The summed E-state index contributed by atoms with van der Waals surface area (Å²) in [5, 5.41) is 23.0. The van der Waals surface area contributed by atoms with Gasteiger partial charge >= 0.3 is 0 Å². The number of piperazine rings is 1. The van der Waals surface area contributed by atoms with Crippen LogP contribution in [0.2, 0.25) is 0 Å². The summed E-state index contributed by atoms with van der Waals surface area (Å²) in [6.07, 6.45) is 2.06. The third-order valence-corrected chi connectivity index (χ3v) is 3.52. The van der Waals surface area contributed by atoms with Crippen LogP contribution in [0.15, 0.2) is 18.2 Å². The van der Waals surface area contributed by atoms with E-state index in [1.54, 1.807) is 12.1 Å². The molecule has 2 rings (SSSR count). The molecule has 0 radical (unpaired) electrons. The molecule has 116 valence electrons. The molecule has 0 bridgehead atoms. The summed E-state index contributed by atoms with van der Waals surface area (Å²) in [6, 6.07) is 5.00. The second kappa shape index (κ2) is 9.29. The van der Waals surface area contributed by atoms with Crippen molar-refractivity contribution in [2.45, 2.75) is 25.8 Å². The highest BCUT2D eigenvalue weighted by Crippen LogP contribution is 2.34. The van der Waals surface area contributed by atoms with Crippen LogP contribution in [0.25, 0.3) is 0 Å². The van der Waals surface area contributed by atoms with Crippen LogP contribution in [0, 0.1) is 0 Å².